The molecule has 0 radical (unpaired) electrons. The molecule has 4 heteroatoms. The maximum atomic E-state index is 12.2. The van der Waals surface area contributed by atoms with E-state index in [-0.39, 0.29) is 12.0 Å². The smallest absolute Gasteiger partial charge is 0.263 e. The van der Waals surface area contributed by atoms with Crippen LogP contribution in [0.25, 0.3) is 0 Å². The normalized spacial score (nSPS) is 22.7. The van der Waals surface area contributed by atoms with Crippen LogP contribution in [0.3, 0.4) is 0 Å². The summed E-state index contributed by atoms with van der Waals surface area (Å²) in [7, 11) is 0. The van der Waals surface area contributed by atoms with Crippen molar-refractivity contribution >= 4 is 5.91 Å². The van der Waals surface area contributed by atoms with Gasteiger partial charge in [0, 0.05) is 13.1 Å². The van der Waals surface area contributed by atoms with E-state index in [1.165, 1.54) is 0 Å². The van der Waals surface area contributed by atoms with Crippen LogP contribution in [0, 0.1) is 0 Å². The van der Waals surface area contributed by atoms with Crippen molar-refractivity contribution in [1.29, 1.82) is 0 Å². The van der Waals surface area contributed by atoms with E-state index in [1.807, 2.05) is 30.0 Å². The van der Waals surface area contributed by atoms with Gasteiger partial charge in [-0.05, 0) is 55.9 Å². The molecule has 20 heavy (non-hydrogen) atoms. The quantitative estimate of drug-likeness (QED) is 0.918. The minimum atomic E-state index is -0.447. The molecule has 1 aromatic carbocycles. The van der Waals surface area contributed by atoms with Crippen LogP contribution < -0.4 is 4.74 Å². The summed E-state index contributed by atoms with van der Waals surface area (Å²) in [6.45, 7) is 3.51. The first-order chi connectivity index (χ1) is 9.65. The maximum Gasteiger partial charge on any atom is 0.263 e. The van der Waals surface area contributed by atoms with Gasteiger partial charge >= 0.3 is 0 Å². The number of aliphatic hydroxyl groups excluding tert-OH is 1. The molecule has 1 fully saturated rings. The van der Waals surface area contributed by atoms with Gasteiger partial charge in [0.05, 0.1) is 6.10 Å². The summed E-state index contributed by atoms with van der Waals surface area (Å²) in [4.78, 5) is 14.1. The van der Waals surface area contributed by atoms with Crippen molar-refractivity contribution in [3.63, 3.8) is 0 Å². The molecule has 0 saturated carbocycles. The zero-order valence-electron chi connectivity index (χ0n) is 11.8. The van der Waals surface area contributed by atoms with Crippen molar-refractivity contribution in [3.8, 4) is 5.75 Å². The highest BCUT2D eigenvalue weighted by molar-refractivity contribution is 5.81. The molecule has 3 rings (SSSR count). The van der Waals surface area contributed by atoms with Crippen LogP contribution in [-0.2, 0) is 11.2 Å². The predicted molar refractivity (Wildman–Crippen MR) is 75.6 cm³/mol. The van der Waals surface area contributed by atoms with E-state index in [1.54, 1.807) is 0 Å². The summed E-state index contributed by atoms with van der Waals surface area (Å²) in [5.74, 6) is 0.793. The lowest BCUT2D eigenvalue weighted by Gasteiger charge is -2.21. The Morgan fingerprint density at radius 2 is 2.15 bits per heavy atom. The minimum absolute atomic E-state index is 0.0723. The topological polar surface area (TPSA) is 49.8 Å². The first-order valence-electron chi connectivity index (χ1n) is 7.41. The lowest BCUT2D eigenvalue weighted by molar-refractivity contribution is -0.136. The van der Waals surface area contributed by atoms with E-state index in [0.29, 0.717) is 0 Å². The van der Waals surface area contributed by atoms with E-state index < -0.39 is 6.10 Å². The van der Waals surface area contributed by atoms with Crippen molar-refractivity contribution in [1.82, 2.24) is 4.90 Å². The van der Waals surface area contributed by atoms with Gasteiger partial charge in [-0.15, -0.1) is 0 Å². The second-order valence-corrected chi connectivity index (χ2v) is 5.71. The summed E-state index contributed by atoms with van der Waals surface area (Å²) in [5.41, 5.74) is 2.13. The van der Waals surface area contributed by atoms with E-state index in [2.05, 4.69) is 0 Å². The summed E-state index contributed by atoms with van der Waals surface area (Å²) in [5, 5.41) is 9.78. The standard InChI is InChI=1S/C16H21NO3/c1-11(16(19)17-8-2-3-9-17)20-13-5-6-14-12(10-13)4-7-15(14)18/h5-6,10-11,15,18H,2-4,7-9H2,1H3. The number of likely N-dealkylation sites (tertiary alicyclic amines) is 1. The molecule has 0 aromatic heterocycles. The van der Waals surface area contributed by atoms with Crippen LogP contribution in [-0.4, -0.2) is 35.1 Å². The molecule has 0 bridgehead atoms. The zero-order valence-corrected chi connectivity index (χ0v) is 11.8. The molecule has 1 saturated heterocycles. The van der Waals surface area contributed by atoms with Gasteiger partial charge in [0.2, 0.25) is 0 Å². The van der Waals surface area contributed by atoms with Crippen LogP contribution in [0.15, 0.2) is 18.2 Å². The Hall–Kier alpha value is -1.55. The Kier molecular flexibility index (Phi) is 3.66. The van der Waals surface area contributed by atoms with Gasteiger partial charge < -0.3 is 14.7 Å². The number of hydrogen-bond donors (Lipinski definition) is 1. The molecule has 2 unspecified atom stereocenters. The van der Waals surface area contributed by atoms with Crippen molar-refractivity contribution in [2.75, 3.05) is 13.1 Å². The van der Waals surface area contributed by atoms with Crippen LogP contribution in [0.2, 0.25) is 0 Å². The predicted octanol–water partition coefficient (Wildman–Crippen LogP) is 2.06. The molecule has 2 aliphatic rings. The van der Waals surface area contributed by atoms with Crippen molar-refractivity contribution in [3.05, 3.63) is 29.3 Å². The third-order valence-electron chi connectivity index (χ3n) is 4.24. The minimum Gasteiger partial charge on any atom is -0.481 e. The molecule has 0 spiro atoms. The lowest BCUT2D eigenvalue weighted by atomic mass is 10.1. The largest absolute Gasteiger partial charge is 0.481 e. The second-order valence-electron chi connectivity index (χ2n) is 5.71. The number of ether oxygens (including phenoxy) is 1. The monoisotopic (exact) mass is 275 g/mol. The number of hydrogen-bond acceptors (Lipinski definition) is 3. The Morgan fingerprint density at radius 1 is 1.40 bits per heavy atom. The van der Waals surface area contributed by atoms with Gasteiger partial charge in [-0.1, -0.05) is 6.07 Å². The molecule has 1 aliphatic heterocycles. The molecular formula is C16H21NO3. The third-order valence-corrected chi connectivity index (χ3v) is 4.24. The van der Waals surface area contributed by atoms with Gasteiger partial charge in [0.15, 0.2) is 6.10 Å². The SMILES string of the molecule is CC(Oc1ccc2c(c1)CCC2O)C(=O)N1CCCC1. The highest BCUT2D eigenvalue weighted by Crippen LogP contribution is 2.33. The number of carbonyl (C=O) groups excluding carboxylic acids is 1. The lowest BCUT2D eigenvalue weighted by Crippen LogP contribution is -2.38. The number of amides is 1. The first kappa shape index (κ1) is 13.4. The molecule has 108 valence electrons. The average molecular weight is 275 g/mol. The van der Waals surface area contributed by atoms with Crippen LogP contribution in [0.4, 0.5) is 0 Å². The number of nitrogens with zero attached hydrogens (tertiary/aromatic N) is 1. The number of fused-ring (bicyclic) bond motifs is 1. The Morgan fingerprint density at radius 3 is 2.90 bits per heavy atom. The number of aryl methyl sites for hydroxylation is 1. The van der Waals surface area contributed by atoms with Crippen LogP contribution in [0.5, 0.6) is 5.75 Å². The fourth-order valence-corrected chi connectivity index (χ4v) is 3.09. The Bertz CT molecular complexity index is 508. The Balaban J connectivity index is 1.67. The van der Waals surface area contributed by atoms with E-state index in [9.17, 15) is 9.90 Å². The molecule has 4 nitrogen and oxygen atoms in total. The van der Waals surface area contributed by atoms with Gasteiger partial charge in [-0.25, -0.2) is 0 Å². The van der Waals surface area contributed by atoms with Crippen molar-refractivity contribution in [2.24, 2.45) is 0 Å². The average Bonchev–Trinajstić information content (AvgIpc) is 3.08. The fraction of sp³-hybridized carbons (Fsp3) is 0.562. The molecule has 2 atom stereocenters. The highest BCUT2D eigenvalue weighted by Gasteiger charge is 2.25. The van der Waals surface area contributed by atoms with E-state index in [4.69, 9.17) is 4.74 Å². The number of aliphatic hydroxyl groups is 1. The first-order valence-corrected chi connectivity index (χ1v) is 7.41. The number of carbonyl (C=O) groups is 1. The van der Waals surface area contributed by atoms with E-state index >= 15 is 0 Å². The molecule has 1 aliphatic carbocycles. The molecular weight excluding hydrogens is 254 g/mol. The van der Waals surface area contributed by atoms with Gasteiger partial charge in [-0.3, -0.25) is 4.79 Å². The number of rotatable bonds is 3. The summed E-state index contributed by atoms with van der Waals surface area (Å²) in [6.07, 6.45) is 3.05. The highest BCUT2D eigenvalue weighted by atomic mass is 16.5. The zero-order chi connectivity index (χ0) is 14.1. The Labute approximate surface area is 119 Å². The molecule has 1 aromatic rings. The van der Waals surface area contributed by atoms with Crippen molar-refractivity contribution < 1.29 is 14.6 Å². The van der Waals surface area contributed by atoms with Crippen LogP contribution in [0.1, 0.15) is 43.4 Å². The van der Waals surface area contributed by atoms with Gasteiger partial charge in [0.25, 0.3) is 5.91 Å². The fourth-order valence-electron chi connectivity index (χ4n) is 3.09. The molecule has 1 amide bonds. The summed E-state index contributed by atoms with van der Waals surface area (Å²) >= 11 is 0. The summed E-state index contributed by atoms with van der Waals surface area (Å²) in [6, 6.07) is 5.72. The maximum absolute atomic E-state index is 12.2. The van der Waals surface area contributed by atoms with E-state index in [0.717, 1.165) is 55.6 Å². The molecule has 1 heterocycles. The third kappa shape index (κ3) is 2.52. The summed E-state index contributed by atoms with van der Waals surface area (Å²) < 4.78 is 5.78. The van der Waals surface area contributed by atoms with Gasteiger partial charge in [0.1, 0.15) is 5.75 Å². The second kappa shape index (κ2) is 5.44. The van der Waals surface area contributed by atoms with Crippen molar-refractivity contribution in [2.45, 2.75) is 44.8 Å². The van der Waals surface area contributed by atoms with Gasteiger partial charge in [-0.2, -0.15) is 0 Å². The number of benzene rings is 1. The molecule has 1 N–H and O–H groups in total. The van der Waals surface area contributed by atoms with Crippen LogP contribution >= 0.6 is 0 Å².